The molecular weight excluding hydrogens is 456 g/mol. The zero-order chi connectivity index (χ0) is 25.6. The first-order valence-corrected chi connectivity index (χ1v) is 11.3. The van der Waals surface area contributed by atoms with Crippen LogP contribution >= 0.6 is 0 Å². The van der Waals surface area contributed by atoms with E-state index in [2.05, 4.69) is 0 Å². The number of carbonyl (C=O) groups excluding carboxylic acids is 4. The van der Waals surface area contributed by atoms with E-state index >= 15 is 0 Å². The fourth-order valence-electron chi connectivity index (χ4n) is 2.90. The number of rotatable bonds is 13. The van der Waals surface area contributed by atoms with Gasteiger partial charge in [0.25, 0.3) is 0 Å². The number of aliphatic hydroxyl groups excluding tert-OH is 1. The molecule has 0 aliphatic carbocycles. The molecule has 35 heavy (non-hydrogen) atoms. The average Bonchev–Trinajstić information content (AvgIpc) is 2.84. The van der Waals surface area contributed by atoms with Crippen molar-refractivity contribution in [3.8, 4) is 0 Å². The first-order chi connectivity index (χ1) is 16.8. The Hall–Kier alpha value is -3.72. The van der Waals surface area contributed by atoms with E-state index in [1.165, 1.54) is 13.8 Å². The van der Waals surface area contributed by atoms with Crippen molar-refractivity contribution in [3.63, 3.8) is 0 Å². The van der Waals surface area contributed by atoms with Crippen LogP contribution in [0.4, 0.5) is 0 Å². The van der Waals surface area contributed by atoms with Crippen LogP contribution in [0.1, 0.15) is 31.4 Å². The molecule has 9 nitrogen and oxygen atoms in total. The van der Waals surface area contributed by atoms with E-state index in [1.54, 1.807) is 0 Å². The monoisotopic (exact) mass is 486 g/mol. The normalized spacial score (nSPS) is 13.1. The first-order valence-electron chi connectivity index (χ1n) is 11.3. The summed E-state index contributed by atoms with van der Waals surface area (Å²) in [5, 5.41) is 9.92. The fourth-order valence-corrected chi connectivity index (χ4v) is 2.90. The molecular formula is C26H30O9. The van der Waals surface area contributed by atoms with E-state index in [0.717, 1.165) is 11.1 Å². The molecule has 0 saturated heterocycles. The molecule has 0 aliphatic rings. The Kier molecular flexibility index (Phi) is 11.4. The van der Waals surface area contributed by atoms with Crippen molar-refractivity contribution in [2.75, 3.05) is 13.2 Å². The van der Waals surface area contributed by atoms with Gasteiger partial charge in [0.2, 0.25) is 0 Å². The molecule has 2 aromatic carbocycles. The van der Waals surface area contributed by atoms with Gasteiger partial charge in [-0.2, -0.15) is 0 Å². The van der Waals surface area contributed by atoms with Crippen LogP contribution in [-0.4, -0.2) is 60.5 Å². The van der Waals surface area contributed by atoms with Gasteiger partial charge >= 0.3 is 23.9 Å². The van der Waals surface area contributed by atoms with E-state index in [-0.39, 0.29) is 13.2 Å². The third-order valence-corrected chi connectivity index (χ3v) is 4.85. The van der Waals surface area contributed by atoms with Gasteiger partial charge in [0.15, 0.2) is 18.3 Å². The largest absolute Gasteiger partial charge is 0.463 e. The molecule has 0 aliphatic heterocycles. The number of hydrogen-bond donors (Lipinski definition) is 1. The SMILES string of the molecule is CC(OC(=O)CC(O)C(=O)OC(C)C(=O)OCCc1ccccc1)C(=O)OCCc1ccccc1. The van der Waals surface area contributed by atoms with E-state index in [0.29, 0.717) is 12.8 Å². The maximum atomic E-state index is 12.0. The Balaban J connectivity index is 1.65. The molecule has 3 unspecified atom stereocenters. The predicted octanol–water partition coefficient (Wildman–Crippen LogP) is 2.17. The molecule has 0 amide bonds. The minimum absolute atomic E-state index is 0.0962. The van der Waals surface area contributed by atoms with Crippen LogP contribution in [0.3, 0.4) is 0 Å². The predicted molar refractivity (Wildman–Crippen MR) is 124 cm³/mol. The maximum Gasteiger partial charge on any atom is 0.347 e. The number of hydrogen-bond acceptors (Lipinski definition) is 9. The Morgan fingerprint density at radius 2 is 1.11 bits per heavy atom. The Morgan fingerprint density at radius 3 is 1.57 bits per heavy atom. The average molecular weight is 487 g/mol. The van der Waals surface area contributed by atoms with Crippen molar-refractivity contribution < 1.29 is 43.2 Å². The van der Waals surface area contributed by atoms with Crippen molar-refractivity contribution in [2.45, 2.75) is 51.4 Å². The van der Waals surface area contributed by atoms with E-state index in [9.17, 15) is 24.3 Å². The molecule has 0 spiro atoms. The minimum atomic E-state index is -1.87. The zero-order valence-electron chi connectivity index (χ0n) is 19.8. The lowest BCUT2D eigenvalue weighted by atomic mass is 10.2. The third-order valence-electron chi connectivity index (χ3n) is 4.85. The van der Waals surface area contributed by atoms with Gasteiger partial charge in [0, 0.05) is 12.8 Å². The summed E-state index contributed by atoms with van der Waals surface area (Å²) in [5.74, 6) is -3.72. The summed E-state index contributed by atoms with van der Waals surface area (Å²) in [4.78, 5) is 47.9. The van der Waals surface area contributed by atoms with Gasteiger partial charge in [0.1, 0.15) is 0 Å². The van der Waals surface area contributed by atoms with Crippen LogP contribution in [0, 0.1) is 0 Å². The number of ether oxygens (including phenoxy) is 4. The van der Waals surface area contributed by atoms with Crippen molar-refractivity contribution in [2.24, 2.45) is 0 Å². The Bertz CT molecular complexity index is 959. The van der Waals surface area contributed by atoms with Crippen LogP contribution in [0.25, 0.3) is 0 Å². The molecule has 0 fully saturated rings. The summed E-state index contributed by atoms with van der Waals surface area (Å²) >= 11 is 0. The molecule has 9 heteroatoms. The van der Waals surface area contributed by atoms with Crippen LogP contribution in [0.15, 0.2) is 60.7 Å². The fraction of sp³-hybridized carbons (Fsp3) is 0.385. The van der Waals surface area contributed by atoms with Crippen LogP contribution in [0.2, 0.25) is 0 Å². The summed E-state index contributed by atoms with van der Waals surface area (Å²) in [6, 6.07) is 18.8. The molecule has 1 N–H and O–H groups in total. The molecule has 0 radical (unpaired) electrons. The van der Waals surface area contributed by atoms with Crippen molar-refractivity contribution in [1.29, 1.82) is 0 Å². The number of carbonyl (C=O) groups is 4. The summed E-state index contributed by atoms with van der Waals surface area (Å²) in [6.45, 7) is 2.82. The van der Waals surface area contributed by atoms with Gasteiger partial charge in [-0.25, -0.2) is 14.4 Å². The summed E-state index contributed by atoms with van der Waals surface area (Å²) in [7, 11) is 0. The second kappa shape index (κ2) is 14.5. The van der Waals surface area contributed by atoms with E-state index in [1.807, 2.05) is 60.7 Å². The number of benzene rings is 2. The molecule has 0 heterocycles. The van der Waals surface area contributed by atoms with Gasteiger partial charge in [-0.05, 0) is 25.0 Å². The summed E-state index contributed by atoms with van der Waals surface area (Å²) in [5.41, 5.74) is 1.97. The Morgan fingerprint density at radius 1 is 0.686 bits per heavy atom. The highest BCUT2D eigenvalue weighted by molar-refractivity contribution is 5.85. The van der Waals surface area contributed by atoms with Gasteiger partial charge in [-0.1, -0.05) is 60.7 Å². The van der Waals surface area contributed by atoms with Crippen molar-refractivity contribution in [3.05, 3.63) is 71.8 Å². The van der Waals surface area contributed by atoms with Gasteiger partial charge in [-0.15, -0.1) is 0 Å². The highest BCUT2D eigenvalue weighted by Crippen LogP contribution is 2.07. The molecule has 0 bridgehead atoms. The van der Waals surface area contributed by atoms with Crippen LogP contribution in [-0.2, 0) is 51.0 Å². The lowest BCUT2D eigenvalue weighted by Gasteiger charge is -2.16. The maximum absolute atomic E-state index is 12.0. The van der Waals surface area contributed by atoms with Gasteiger partial charge < -0.3 is 24.1 Å². The quantitative estimate of drug-likeness (QED) is 0.335. The van der Waals surface area contributed by atoms with Crippen molar-refractivity contribution >= 4 is 23.9 Å². The summed E-state index contributed by atoms with van der Waals surface area (Å²) < 4.78 is 19.9. The smallest absolute Gasteiger partial charge is 0.347 e. The molecule has 2 aromatic rings. The molecule has 2 rings (SSSR count). The van der Waals surface area contributed by atoms with Crippen LogP contribution in [0.5, 0.6) is 0 Å². The number of esters is 4. The standard InChI is InChI=1S/C26H30O9/c1-18(24(29)32-15-13-20-9-5-3-6-10-20)34-23(28)17-22(27)26(31)35-19(2)25(30)33-16-14-21-11-7-4-8-12-21/h3-12,18-19,22,27H,13-17H2,1-2H3. The van der Waals surface area contributed by atoms with E-state index in [4.69, 9.17) is 18.9 Å². The first kappa shape index (κ1) is 27.5. The Labute approximate surface area is 203 Å². The van der Waals surface area contributed by atoms with Crippen molar-refractivity contribution in [1.82, 2.24) is 0 Å². The molecule has 0 aromatic heterocycles. The highest BCUT2D eigenvalue weighted by Gasteiger charge is 2.28. The minimum Gasteiger partial charge on any atom is -0.463 e. The van der Waals surface area contributed by atoms with Gasteiger partial charge in [0.05, 0.1) is 19.6 Å². The lowest BCUT2D eigenvalue weighted by molar-refractivity contribution is -0.175. The highest BCUT2D eigenvalue weighted by atomic mass is 16.6. The second-order valence-corrected chi connectivity index (χ2v) is 7.74. The molecule has 0 saturated carbocycles. The van der Waals surface area contributed by atoms with E-state index < -0.39 is 48.6 Å². The van der Waals surface area contributed by atoms with Gasteiger partial charge in [-0.3, -0.25) is 4.79 Å². The third kappa shape index (κ3) is 10.4. The molecule has 188 valence electrons. The topological polar surface area (TPSA) is 125 Å². The lowest BCUT2D eigenvalue weighted by Crippen LogP contribution is -2.35. The zero-order valence-corrected chi connectivity index (χ0v) is 19.8. The molecule has 3 atom stereocenters. The second-order valence-electron chi connectivity index (χ2n) is 7.74. The summed E-state index contributed by atoms with van der Waals surface area (Å²) in [6.07, 6.45) is -4.12. The number of aliphatic hydroxyl groups is 1. The van der Waals surface area contributed by atoms with Crippen LogP contribution < -0.4 is 0 Å².